The molecular formula is C17H25N3O2. The number of aromatic nitrogens is 2. The number of H-pyrrole nitrogens is 1. The molecule has 120 valence electrons. The highest BCUT2D eigenvalue weighted by molar-refractivity contribution is 5.83. The molecule has 0 saturated heterocycles. The second-order valence-corrected chi connectivity index (χ2v) is 6.07. The van der Waals surface area contributed by atoms with E-state index in [4.69, 9.17) is 9.47 Å². The van der Waals surface area contributed by atoms with E-state index in [9.17, 15) is 0 Å². The van der Waals surface area contributed by atoms with Crippen molar-refractivity contribution in [2.75, 3.05) is 20.3 Å². The van der Waals surface area contributed by atoms with Crippen molar-refractivity contribution in [3.63, 3.8) is 0 Å². The van der Waals surface area contributed by atoms with E-state index in [0.717, 1.165) is 42.6 Å². The highest BCUT2D eigenvalue weighted by Crippen LogP contribution is 2.29. The van der Waals surface area contributed by atoms with Crippen LogP contribution in [0.2, 0.25) is 0 Å². The monoisotopic (exact) mass is 303 g/mol. The Bertz CT molecular complexity index is 611. The second-order valence-electron chi connectivity index (χ2n) is 6.07. The van der Waals surface area contributed by atoms with E-state index in [1.165, 1.54) is 18.4 Å². The predicted molar refractivity (Wildman–Crippen MR) is 87.4 cm³/mol. The Hall–Kier alpha value is -1.59. The van der Waals surface area contributed by atoms with Gasteiger partial charge in [-0.25, -0.2) is 0 Å². The maximum atomic E-state index is 6.29. The van der Waals surface area contributed by atoms with Gasteiger partial charge in [0.15, 0.2) is 0 Å². The zero-order valence-electron chi connectivity index (χ0n) is 13.4. The number of ether oxygens (including phenoxy) is 2. The molecule has 5 nitrogen and oxygen atoms in total. The van der Waals surface area contributed by atoms with Crippen molar-refractivity contribution in [1.29, 1.82) is 0 Å². The van der Waals surface area contributed by atoms with Gasteiger partial charge >= 0.3 is 0 Å². The minimum Gasteiger partial charge on any atom is -0.490 e. The Kier molecular flexibility index (Phi) is 4.95. The molecule has 0 spiro atoms. The normalized spacial score (nSPS) is 22.1. The van der Waals surface area contributed by atoms with Gasteiger partial charge in [0.25, 0.3) is 0 Å². The van der Waals surface area contributed by atoms with Crippen LogP contribution in [-0.4, -0.2) is 42.6 Å². The summed E-state index contributed by atoms with van der Waals surface area (Å²) in [7, 11) is 1.74. The summed E-state index contributed by atoms with van der Waals surface area (Å²) in [6.07, 6.45) is 6.79. The van der Waals surface area contributed by atoms with Crippen molar-refractivity contribution in [2.24, 2.45) is 0 Å². The van der Waals surface area contributed by atoms with Crippen LogP contribution in [0.15, 0.2) is 18.3 Å². The molecule has 0 aliphatic heterocycles. The van der Waals surface area contributed by atoms with Crippen LogP contribution in [0.1, 0.15) is 31.2 Å². The molecule has 1 aromatic carbocycles. The van der Waals surface area contributed by atoms with Crippen molar-refractivity contribution in [2.45, 2.75) is 44.8 Å². The number of methoxy groups -OCH3 is 1. The summed E-state index contributed by atoms with van der Waals surface area (Å²) in [5.41, 5.74) is 2.23. The molecule has 1 aliphatic carbocycles. The SMILES string of the molecule is COCCN[C@H]1CCC[C@@H](Oc2ccc3[nH]ncc3c2C)C1. The molecule has 3 rings (SSSR count). The first-order chi connectivity index (χ1) is 10.8. The van der Waals surface area contributed by atoms with Crippen molar-refractivity contribution in [3.05, 3.63) is 23.9 Å². The summed E-state index contributed by atoms with van der Waals surface area (Å²) in [6.45, 7) is 3.77. The number of fused-ring (bicyclic) bond motifs is 1. The molecule has 0 bridgehead atoms. The van der Waals surface area contributed by atoms with Crippen LogP contribution in [-0.2, 0) is 4.74 Å². The largest absolute Gasteiger partial charge is 0.490 e. The van der Waals surface area contributed by atoms with Crippen LogP contribution in [0.3, 0.4) is 0 Å². The minimum absolute atomic E-state index is 0.289. The third-order valence-electron chi connectivity index (χ3n) is 4.50. The first-order valence-electron chi connectivity index (χ1n) is 8.09. The van der Waals surface area contributed by atoms with Crippen LogP contribution in [0, 0.1) is 6.92 Å². The number of nitrogens with zero attached hydrogens (tertiary/aromatic N) is 1. The topological polar surface area (TPSA) is 59.2 Å². The van der Waals surface area contributed by atoms with Gasteiger partial charge in [0.2, 0.25) is 0 Å². The first kappa shape index (κ1) is 15.3. The van der Waals surface area contributed by atoms with Gasteiger partial charge in [-0.2, -0.15) is 5.10 Å². The zero-order chi connectivity index (χ0) is 15.4. The lowest BCUT2D eigenvalue weighted by Gasteiger charge is -2.30. The van der Waals surface area contributed by atoms with Gasteiger partial charge < -0.3 is 14.8 Å². The molecule has 0 radical (unpaired) electrons. The maximum Gasteiger partial charge on any atom is 0.123 e. The molecule has 22 heavy (non-hydrogen) atoms. The van der Waals surface area contributed by atoms with Crippen LogP contribution < -0.4 is 10.1 Å². The third kappa shape index (κ3) is 3.42. The molecule has 1 fully saturated rings. The molecule has 2 aromatic rings. The number of rotatable bonds is 6. The Morgan fingerprint density at radius 1 is 1.36 bits per heavy atom. The van der Waals surface area contributed by atoms with Crippen LogP contribution in [0.5, 0.6) is 5.75 Å². The lowest BCUT2D eigenvalue weighted by Crippen LogP contribution is -2.39. The zero-order valence-corrected chi connectivity index (χ0v) is 13.4. The van der Waals surface area contributed by atoms with E-state index < -0.39 is 0 Å². The lowest BCUT2D eigenvalue weighted by atomic mass is 9.92. The van der Waals surface area contributed by atoms with Crippen molar-refractivity contribution in [1.82, 2.24) is 15.5 Å². The maximum absolute atomic E-state index is 6.29. The number of benzene rings is 1. The fraction of sp³-hybridized carbons (Fsp3) is 0.588. The van der Waals surface area contributed by atoms with Gasteiger partial charge in [0.05, 0.1) is 18.3 Å². The summed E-state index contributed by atoms with van der Waals surface area (Å²) < 4.78 is 11.4. The number of aromatic amines is 1. The molecule has 5 heteroatoms. The van der Waals surface area contributed by atoms with Gasteiger partial charge in [0.1, 0.15) is 11.9 Å². The van der Waals surface area contributed by atoms with E-state index in [-0.39, 0.29) is 6.10 Å². The summed E-state index contributed by atoms with van der Waals surface area (Å²) in [6, 6.07) is 4.63. The molecule has 1 aliphatic rings. The molecule has 0 unspecified atom stereocenters. The van der Waals surface area contributed by atoms with Crippen LogP contribution >= 0.6 is 0 Å². The molecule has 2 N–H and O–H groups in total. The van der Waals surface area contributed by atoms with Gasteiger partial charge in [-0.15, -0.1) is 0 Å². The lowest BCUT2D eigenvalue weighted by molar-refractivity contribution is 0.128. The Balaban J connectivity index is 1.62. The Labute approximate surface area is 131 Å². The Morgan fingerprint density at radius 2 is 2.27 bits per heavy atom. The highest BCUT2D eigenvalue weighted by atomic mass is 16.5. The quantitative estimate of drug-likeness (QED) is 0.806. The highest BCUT2D eigenvalue weighted by Gasteiger charge is 2.23. The van der Waals surface area contributed by atoms with E-state index in [1.807, 2.05) is 12.3 Å². The molecule has 1 aromatic heterocycles. The number of nitrogens with one attached hydrogen (secondary N) is 2. The smallest absolute Gasteiger partial charge is 0.123 e. The van der Waals surface area contributed by atoms with Gasteiger partial charge in [-0.1, -0.05) is 0 Å². The summed E-state index contributed by atoms with van der Waals surface area (Å²) in [5.74, 6) is 0.983. The van der Waals surface area contributed by atoms with E-state index in [2.05, 4.69) is 28.5 Å². The van der Waals surface area contributed by atoms with Gasteiger partial charge in [0, 0.05) is 30.6 Å². The molecular weight excluding hydrogens is 278 g/mol. The van der Waals surface area contributed by atoms with Crippen LogP contribution in [0.4, 0.5) is 0 Å². The van der Waals surface area contributed by atoms with E-state index in [0.29, 0.717) is 6.04 Å². The van der Waals surface area contributed by atoms with E-state index in [1.54, 1.807) is 7.11 Å². The average molecular weight is 303 g/mol. The third-order valence-corrected chi connectivity index (χ3v) is 4.50. The molecule has 0 amide bonds. The molecule has 1 saturated carbocycles. The predicted octanol–water partition coefficient (Wildman–Crippen LogP) is 2.80. The van der Waals surface area contributed by atoms with Gasteiger partial charge in [-0.05, 0) is 44.7 Å². The number of aryl methyl sites for hydroxylation is 1. The van der Waals surface area contributed by atoms with Crippen molar-refractivity contribution >= 4 is 10.9 Å². The van der Waals surface area contributed by atoms with Crippen LogP contribution in [0.25, 0.3) is 10.9 Å². The summed E-state index contributed by atoms with van der Waals surface area (Å²) >= 11 is 0. The van der Waals surface area contributed by atoms with E-state index >= 15 is 0 Å². The number of hydrogen-bond donors (Lipinski definition) is 2. The molecule has 2 atom stereocenters. The standard InChI is InChI=1S/C17H25N3O2/c1-12-15-11-19-20-16(15)6-7-17(12)22-14-5-3-4-13(10-14)18-8-9-21-2/h6-7,11,13-14,18H,3-5,8-10H2,1-2H3,(H,19,20)/t13-,14+/m0/s1. The minimum atomic E-state index is 0.289. The molecule has 1 heterocycles. The fourth-order valence-electron chi connectivity index (χ4n) is 3.25. The summed E-state index contributed by atoms with van der Waals surface area (Å²) in [4.78, 5) is 0. The van der Waals surface area contributed by atoms with Crippen molar-refractivity contribution < 1.29 is 9.47 Å². The van der Waals surface area contributed by atoms with Gasteiger partial charge in [-0.3, -0.25) is 5.10 Å². The number of hydrogen-bond acceptors (Lipinski definition) is 4. The van der Waals surface area contributed by atoms with Crippen molar-refractivity contribution in [3.8, 4) is 5.75 Å². The first-order valence-corrected chi connectivity index (χ1v) is 8.09. The average Bonchev–Trinajstić information content (AvgIpc) is 3.00. The second kappa shape index (κ2) is 7.11. The summed E-state index contributed by atoms with van der Waals surface area (Å²) in [5, 5.41) is 11.8. The fourth-order valence-corrected chi connectivity index (χ4v) is 3.25. The Morgan fingerprint density at radius 3 is 3.14 bits per heavy atom.